The SMILES string of the molecule is CCCCCCCCCCCCCCCCCC(=O)O[C@H](COC(=O)CCCCCCCCCCCCCCC)COP(=O)(O)OCCC1(C)CCc2c(C)c(O)c(C)c(C)c2O1. The van der Waals surface area contributed by atoms with Crippen LogP contribution in [0.25, 0.3) is 0 Å². The van der Waals surface area contributed by atoms with Gasteiger partial charge < -0.3 is 24.2 Å². The molecule has 2 unspecified atom stereocenters. The largest absolute Gasteiger partial charge is 0.507 e. The molecule has 0 spiro atoms. The lowest BCUT2D eigenvalue weighted by molar-refractivity contribution is -0.161. The van der Waals surface area contributed by atoms with Gasteiger partial charge in [-0.1, -0.05) is 181 Å². The molecule has 10 nitrogen and oxygen atoms in total. The molecule has 11 heteroatoms. The van der Waals surface area contributed by atoms with E-state index in [0.29, 0.717) is 31.4 Å². The monoisotopic (exact) mass is 909 g/mol. The van der Waals surface area contributed by atoms with Gasteiger partial charge in [-0.2, -0.15) is 0 Å². The predicted molar refractivity (Wildman–Crippen MR) is 257 cm³/mol. The Hall–Kier alpha value is -2.13. The average Bonchev–Trinajstić information content (AvgIpc) is 3.25. The van der Waals surface area contributed by atoms with Crippen LogP contribution in [0.5, 0.6) is 11.5 Å². The fraction of sp³-hybridized carbons (Fsp3) is 0.846. The number of unbranched alkanes of at least 4 members (excludes halogenated alkanes) is 26. The molecule has 0 amide bonds. The molecule has 1 heterocycles. The first-order chi connectivity index (χ1) is 30.3. The summed E-state index contributed by atoms with van der Waals surface area (Å²) < 4.78 is 41.3. The highest BCUT2D eigenvalue weighted by Gasteiger charge is 2.36. The number of phosphoric acid groups is 1. The van der Waals surface area contributed by atoms with Crippen LogP contribution in [0.2, 0.25) is 0 Å². The number of esters is 2. The third-order valence-electron chi connectivity index (χ3n) is 13.1. The van der Waals surface area contributed by atoms with Crippen molar-refractivity contribution in [3.8, 4) is 11.5 Å². The second kappa shape index (κ2) is 34.2. The Morgan fingerprint density at radius 2 is 1.05 bits per heavy atom. The molecule has 1 aromatic rings. The van der Waals surface area contributed by atoms with E-state index >= 15 is 0 Å². The second-order valence-electron chi connectivity index (χ2n) is 18.9. The molecule has 0 fully saturated rings. The average molecular weight is 909 g/mol. The fourth-order valence-corrected chi connectivity index (χ4v) is 9.36. The molecule has 366 valence electrons. The molecule has 0 radical (unpaired) electrons. The van der Waals surface area contributed by atoms with Crippen LogP contribution >= 0.6 is 7.82 Å². The van der Waals surface area contributed by atoms with Crippen molar-refractivity contribution in [1.82, 2.24) is 0 Å². The second-order valence-corrected chi connectivity index (χ2v) is 20.4. The van der Waals surface area contributed by atoms with Gasteiger partial charge in [0.2, 0.25) is 0 Å². The Balaban J connectivity index is 1.75. The summed E-state index contributed by atoms with van der Waals surface area (Å²) in [6, 6.07) is 0. The number of phenols is 1. The van der Waals surface area contributed by atoms with Gasteiger partial charge in [-0.3, -0.25) is 18.6 Å². The number of hydrogen-bond acceptors (Lipinski definition) is 9. The maximum Gasteiger partial charge on any atom is 0.472 e. The third-order valence-corrected chi connectivity index (χ3v) is 14.1. The van der Waals surface area contributed by atoms with Crippen molar-refractivity contribution in [2.75, 3.05) is 19.8 Å². The highest BCUT2D eigenvalue weighted by molar-refractivity contribution is 7.47. The number of rotatable bonds is 40. The minimum atomic E-state index is -4.55. The molecule has 3 atom stereocenters. The molecule has 2 rings (SSSR count). The van der Waals surface area contributed by atoms with Gasteiger partial charge in [0, 0.05) is 24.8 Å². The van der Waals surface area contributed by atoms with Crippen LogP contribution in [0, 0.1) is 20.8 Å². The first kappa shape index (κ1) is 57.0. The van der Waals surface area contributed by atoms with Gasteiger partial charge in [-0.25, -0.2) is 4.57 Å². The Morgan fingerprint density at radius 3 is 1.51 bits per heavy atom. The molecule has 1 aliphatic rings. The van der Waals surface area contributed by atoms with E-state index in [9.17, 15) is 24.2 Å². The van der Waals surface area contributed by atoms with Crippen molar-refractivity contribution in [3.05, 3.63) is 22.3 Å². The zero-order valence-corrected chi connectivity index (χ0v) is 42.0. The maximum atomic E-state index is 13.0. The Bertz CT molecular complexity index is 1430. The molecule has 63 heavy (non-hydrogen) atoms. The molecule has 1 aliphatic heterocycles. The van der Waals surface area contributed by atoms with Gasteiger partial charge in [-0.05, 0) is 70.1 Å². The number of ether oxygens (including phenoxy) is 3. The smallest absolute Gasteiger partial charge is 0.472 e. The summed E-state index contributed by atoms with van der Waals surface area (Å²) in [5.74, 6) is 0.204. The van der Waals surface area contributed by atoms with Crippen LogP contribution < -0.4 is 4.74 Å². The molecule has 0 aliphatic carbocycles. The number of fused-ring (bicyclic) bond motifs is 1. The minimum Gasteiger partial charge on any atom is -0.507 e. The standard InChI is InChI=1S/C52H93O10P/c1-7-9-11-13-15-17-19-21-22-24-26-28-30-32-34-36-49(54)61-46(41-58-48(53)35-33-31-29-27-25-23-20-18-16-14-12-10-8-2)42-60-63(56,57)59-40-39-52(6)38-37-47-45(5)50(55)43(3)44(4)51(47)62-52/h46,55H,7-42H2,1-6H3,(H,56,57)/t46-,52?/m1/s1. The van der Waals surface area contributed by atoms with Crippen molar-refractivity contribution in [2.24, 2.45) is 0 Å². The fourth-order valence-electron chi connectivity index (χ4n) is 8.61. The zero-order valence-electron chi connectivity index (χ0n) is 41.1. The van der Waals surface area contributed by atoms with E-state index in [4.69, 9.17) is 23.3 Å². The van der Waals surface area contributed by atoms with Gasteiger partial charge in [-0.15, -0.1) is 0 Å². The summed E-state index contributed by atoms with van der Waals surface area (Å²) in [6.07, 6.45) is 35.4. The van der Waals surface area contributed by atoms with Gasteiger partial charge in [0.15, 0.2) is 6.10 Å². The topological polar surface area (TPSA) is 138 Å². The number of carbonyl (C=O) groups excluding carboxylic acids is 2. The summed E-state index contributed by atoms with van der Waals surface area (Å²) in [6.45, 7) is 11.3. The lowest BCUT2D eigenvalue weighted by Gasteiger charge is -2.38. The lowest BCUT2D eigenvalue weighted by Crippen LogP contribution is -2.38. The molecule has 2 N–H and O–H groups in total. The summed E-state index contributed by atoms with van der Waals surface area (Å²) in [5.41, 5.74) is 2.79. The van der Waals surface area contributed by atoms with E-state index in [2.05, 4.69) is 13.8 Å². The van der Waals surface area contributed by atoms with Gasteiger partial charge in [0.05, 0.1) is 13.2 Å². The van der Waals surface area contributed by atoms with Crippen LogP contribution in [-0.4, -0.2) is 53.5 Å². The van der Waals surface area contributed by atoms with E-state index in [0.717, 1.165) is 66.5 Å². The van der Waals surface area contributed by atoms with Crippen molar-refractivity contribution in [3.63, 3.8) is 0 Å². The van der Waals surface area contributed by atoms with Crippen LogP contribution in [0.4, 0.5) is 0 Å². The summed E-state index contributed by atoms with van der Waals surface area (Å²) in [4.78, 5) is 36.2. The lowest BCUT2D eigenvalue weighted by atomic mass is 9.86. The zero-order chi connectivity index (χ0) is 46.2. The Labute approximate surface area is 384 Å². The maximum absolute atomic E-state index is 13.0. The summed E-state index contributed by atoms with van der Waals surface area (Å²) in [7, 11) is -4.55. The Morgan fingerprint density at radius 1 is 0.619 bits per heavy atom. The van der Waals surface area contributed by atoms with E-state index in [-0.39, 0.29) is 32.0 Å². The van der Waals surface area contributed by atoms with E-state index < -0.39 is 32.1 Å². The number of hydrogen-bond donors (Lipinski definition) is 2. The molecule has 1 aromatic carbocycles. The van der Waals surface area contributed by atoms with E-state index in [1.807, 2.05) is 27.7 Å². The van der Waals surface area contributed by atoms with Gasteiger partial charge in [0.25, 0.3) is 0 Å². The van der Waals surface area contributed by atoms with Crippen LogP contribution in [-0.2, 0) is 39.1 Å². The number of phosphoric ester groups is 1. The first-order valence-corrected chi connectivity index (χ1v) is 27.3. The van der Waals surface area contributed by atoms with Crippen LogP contribution in [0.3, 0.4) is 0 Å². The number of aromatic hydroxyl groups is 1. The molecule has 0 saturated carbocycles. The van der Waals surface area contributed by atoms with Crippen molar-refractivity contribution in [2.45, 2.75) is 265 Å². The summed E-state index contributed by atoms with van der Waals surface area (Å²) >= 11 is 0. The number of phenolic OH excluding ortho intramolecular Hbond substituents is 1. The summed E-state index contributed by atoms with van der Waals surface area (Å²) in [5, 5.41) is 10.5. The predicted octanol–water partition coefficient (Wildman–Crippen LogP) is 15.1. The quantitative estimate of drug-likeness (QED) is 0.0372. The minimum absolute atomic E-state index is 0.105. The van der Waals surface area contributed by atoms with Crippen LogP contribution in [0.1, 0.15) is 248 Å². The molecular formula is C52H93O10P. The first-order valence-electron chi connectivity index (χ1n) is 25.8. The van der Waals surface area contributed by atoms with Gasteiger partial charge in [0.1, 0.15) is 23.7 Å². The highest BCUT2D eigenvalue weighted by atomic mass is 31.2. The van der Waals surface area contributed by atoms with E-state index in [1.54, 1.807) is 0 Å². The normalized spacial score (nSPS) is 16.3. The van der Waals surface area contributed by atoms with Crippen LogP contribution in [0.15, 0.2) is 0 Å². The number of carbonyl (C=O) groups is 2. The molecular weight excluding hydrogens is 816 g/mol. The molecule has 0 saturated heterocycles. The number of benzene rings is 1. The molecule has 0 aromatic heterocycles. The Kier molecular flexibility index (Phi) is 31.0. The highest BCUT2D eigenvalue weighted by Crippen LogP contribution is 2.46. The van der Waals surface area contributed by atoms with Crippen molar-refractivity contribution >= 4 is 19.8 Å². The van der Waals surface area contributed by atoms with Gasteiger partial charge >= 0.3 is 19.8 Å². The third kappa shape index (κ3) is 26.0. The van der Waals surface area contributed by atoms with Crippen molar-refractivity contribution < 1.29 is 47.4 Å². The van der Waals surface area contributed by atoms with E-state index in [1.165, 1.54) is 135 Å². The van der Waals surface area contributed by atoms with Crippen molar-refractivity contribution in [1.29, 1.82) is 0 Å². The molecule has 0 bridgehead atoms.